The summed E-state index contributed by atoms with van der Waals surface area (Å²) in [5, 5.41) is 0. The molecule has 0 bridgehead atoms. The SMILES string of the molecule is N[C@H]1CCCN(c2ncnc3c4c(sc23)CCCC4)C1. The summed E-state index contributed by atoms with van der Waals surface area (Å²) in [5.74, 6) is 1.12. The molecule has 106 valence electrons. The predicted octanol–water partition coefficient (Wildman–Crippen LogP) is 2.50. The molecule has 1 atom stereocenters. The van der Waals surface area contributed by atoms with E-state index in [0.717, 1.165) is 31.7 Å². The van der Waals surface area contributed by atoms with E-state index < -0.39 is 0 Å². The topological polar surface area (TPSA) is 55.0 Å². The first-order valence-corrected chi connectivity index (χ1v) is 8.40. The molecule has 0 radical (unpaired) electrons. The number of anilines is 1. The number of piperidine rings is 1. The molecule has 5 heteroatoms. The molecule has 2 N–H and O–H groups in total. The molecular formula is C15H20N4S. The zero-order chi connectivity index (χ0) is 13.5. The number of nitrogens with two attached hydrogens (primary N) is 1. The number of thiophene rings is 1. The average molecular weight is 288 g/mol. The van der Waals surface area contributed by atoms with Crippen LogP contribution >= 0.6 is 11.3 Å². The van der Waals surface area contributed by atoms with Crippen molar-refractivity contribution in [3.05, 3.63) is 16.8 Å². The molecule has 0 amide bonds. The summed E-state index contributed by atoms with van der Waals surface area (Å²) < 4.78 is 1.29. The smallest absolute Gasteiger partial charge is 0.150 e. The van der Waals surface area contributed by atoms with Crippen molar-refractivity contribution in [1.29, 1.82) is 0 Å². The van der Waals surface area contributed by atoms with Crippen LogP contribution in [0.4, 0.5) is 5.82 Å². The Morgan fingerprint density at radius 2 is 2.10 bits per heavy atom. The normalized spacial score (nSPS) is 23.1. The van der Waals surface area contributed by atoms with Crippen molar-refractivity contribution in [1.82, 2.24) is 9.97 Å². The Morgan fingerprint density at radius 1 is 1.20 bits per heavy atom. The third-order valence-electron chi connectivity index (χ3n) is 4.47. The van der Waals surface area contributed by atoms with Crippen LogP contribution in [-0.4, -0.2) is 29.1 Å². The van der Waals surface area contributed by atoms with Gasteiger partial charge in [-0.3, -0.25) is 0 Å². The van der Waals surface area contributed by atoms with Crippen LogP contribution in [-0.2, 0) is 12.8 Å². The van der Waals surface area contributed by atoms with Gasteiger partial charge in [-0.15, -0.1) is 11.3 Å². The van der Waals surface area contributed by atoms with E-state index in [1.54, 1.807) is 6.33 Å². The molecule has 0 saturated carbocycles. The number of aromatic nitrogens is 2. The van der Waals surface area contributed by atoms with Gasteiger partial charge in [0.05, 0.1) is 10.2 Å². The van der Waals surface area contributed by atoms with Crippen LogP contribution in [0.5, 0.6) is 0 Å². The first kappa shape index (κ1) is 12.5. The largest absolute Gasteiger partial charge is 0.354 e. The van der Waals surface area contributed by atoms with Crippen molar-refractivity contribution >= 4 is 27.4 Å². The number of hydrogen-bond donors (Lipinski definition) is 1. The summed E-state index contributed by atoms with van der Waals surface area (Å²) in [6.45, 7) is 2.00. The first-order chi connectivity index (χ1) is 9.83. The van der Waals surface area contributed by atoms with E-state index in [0.29, 0.717) is 0 Å². The fraction of sp³-hybridized carbons (Fsp3) is 0.600. The van der Waals surface area contributed by atoms with E-state index in [-0.39, 0.29) is 6.04 Å². The number of fused-ring (bicyclic) bond motifs is 3. The van der Waals surface area contributed by atoms with E-state index in [9.17, 15) is 0 Å². The molecule has 1 aliphatic heterocycles. The quantitative estimate of drug-likeness (QED) is 0.876. The van der Waals surface area contributed by atoms with Gasteiger partial charge in [-0.25, -0.2) is 9.97 Å². The fourth-order valence-corrected chi connectivity index (χ4v) is 4.83. The maximum absolute atomic E-state index is 6.12. The standard InChI is InChI=1S/C15H20N4S/c16-10-4-3-7-19(8-10)15-14-13(17-9-18-15)11-5-1-2-6-12(11)20-14/h9-10H,1-8,16H2/t10-/m0/s1. The van der Waals surface area contributed by atoms with E-state index in [2.05, 4.69) is 14.9 Å². The Labute approximate surface area is 123 Å². The highest BCUT2D eigenvalue weighted by atomic mass is 32.1. The molecule has 0 spiro atoms. The first-order valence-electron chi connectivity index (χ1n) is 7.58. The molecule has 1 aliphatic carbocycles. The van der Waals surface area contributed by atoms with Crippen LogP contribution in [0.15, 0.2) is 6.33 Å². The molecule has 2 aromatic rings. The maximum Gasteiger partial charge on any atom is 0.150 e. The van der Waals surface area contributed by atoms with Gasteiger partial charge in [0.15, 0.2) is 0 Å². The Bertz CT molecular complexity index is 636. The molecular weight excluding hydrogens is 268 g/mol. The third-order valence-corrected chi connectivity index (χ3v) is 5.75. The second kappa shape index (κ2) is 4.97. The number of rotatable bonds is 1. The van der Waals surface area contributed by atoms with Gasteiger partial charge in [-0.1, -0.05) is 0 Å². The Balaban J connectivity index is 1.81. The molecule has 2 aliphatic rings. The summed E-state index contributed by atoms with van der Waals surface area (Å²) in [7, 11) is 0. The van der Waals surface area contributed by atoms with E-state index >= 15 is 0 Å². The lowest BCUT2D eigenvalue weighted by Crippen LogP contribution is -2.43. The molecule has 1 saturated heterocycles. The number of hydrogen-bond acceptors (Lipinski definition) is 5. The van der Waals surface area contributed by atoms with Crippen molar-refractivity contribution in [3.63, 3.8) is 0 Å². The maximum atomic E-state index is 6.12. The summed E-state index contributed by atoms with van der Waals surface area (Å²) in [6.07, 6.45) is 9.05. The van der Waals surface area contributed by atoms with Crippen LogP contribution in [0.3, 0.4) is 0 Å². The van der Waals surface area contributed by atoms with Gasteiger partial charge in [-0.2, -0.15) is 0 Å². The summed E-state index contributed by atoms with van der Waals surface area (Å²) in [6, 6.07) is 0.281. The zero-order valence-corrected chi connectivity index (χ0v) is 12.5. The van der Waals surface area contributed by atoms with Gasteiger partial charge in [-0.05, 0) is 44.1 Å². The van der Waals surface area contributed by atoms with Crippen LogP contribution in [0.25, 0.3) is 10.2 Å². The second-order valence-corrected chi connectivity index (χ2v) is 7.04. The minimum atomic E-state index is 0.281. The molecule has 4 nitrogen and oxygen atoms in total. The van der Waals surface area contributed by atoms with Crippen LogP contribution in [0, 0.1) is 0 Å². The molecule has 4 rings (SSSR count). The average Bonchev–Trinajstić information content (AvgIpc) is 2.86. The van der Waals surface area contributed by atoms with Crippen LogP contribution < -0.4 is 10.6 Å². The highest BCUT2D eigenvalue weighted by molar-refractivity contribution is 7.19. The minimum Gasteiger partial charge on any atom is -0.354 e. The minimum absolute atomic E-state index is 0.281. The van der Waals surface area contributed by atoms with Crippen LogP contribution in [0.1, 0.15) is 36.1 Å². The number of aryl methyl sites for hydroxylation is 2. The predicted molar refractivity (Wildman–Crippen MR) is 83.5 cm³/mol. The Kier molecular flexibility index (Phi) is 3.11. The van der Waals surface area contributed by atoms with Crippen molar-refractivity contribution in [2.45, 2.75) is 44.6 Å². The fourth-order valence-electron chi connectivity index (χ4n) is 3.46. The Hall–Kier alpha value is -1.20. The van der Waals surface area contributed by atoms with Gasteiger partial charge in [0.1, 0.15) is 12.1 Å². The van der Waals surface area contributed by atoms with Gasteiger partial charge < -0.3 is 10.6 Å². The van der Waals surface area contributed by atoms with E-state index in [1.165, 1.54) is 46.3 Å². The third kappa shape index (κ3) is 2.00. The Morgan fingerprint density at radius 3 is 3.00 bits per heavy atom. The van der Waals surface area contributed by atoms with Gasteiger partial charge in [0.2, 0.25) is 0 Å². The second-order valence-electron chi connectivity index (χ2n) is 5.93. The van der Waals surface area contributed by atoms with Crippen molar-refractivity contribution in [2.75, 3.05) is 18.0 Å². The zero-order valence-electron chi connectivity index (χ0n) is 11.6. The van der Waals surface area contributed by atoms with Crippen molar-refractivity contribution < 1.29 is 0 Å². The van der Waals surface area contributed by atoms with Gasteiger partial charge in [0.25, 0.3) is 0 Å². The lowest BCUT2D eigenvalue weighted by atomic mass is 9.98. The van der Waals surface area contributed by atoms with Crippen LogP contribution in [0.2, 0.25) is 0 Å². The molecule has 2 aromatic heterocycles. The summed E-state index contributed by atoms with van der Waals surface area (Å²) >= 11 is 1.91. The number of nitrogens with zero attached hydrogens (tertiary/aromatic N) is 3. The summed E-state index contributed by atoms with van der Waals surface area (Å²) in [4.78, 5) is 13.0. The van der Waals surface area contributed by atoms with Gasteiger partial charge in [0, 0.05) is 24.0 Å². The van der Waals surface area contributed by atoms with Crippen molar-refractivity contribution in [3.8, 4) is 0 Å². The van der Waals surface area contributed by atoms with E-state index in [4.69, 9.17) is 5.73 Å². The van der Waals surface area contributed by atoms with E-state index in [1.807, 2.05) is 11.3 Å². The highest BCUT2D eigenvalue weighted by Gasteiger charge is 2.24. The molecule has 3 heterocycles. The van der Waals surface area contributed by atoms with Crippen molar-refractivity contribution in [2.24, 2.45) is 5.73 Å². The molecule has 0 aromatic carbocycles. The molecule has 1 fully saturated rings. The molecule has 20 heavy (non-hydrogen) atoms. The lowest BCUT2D eigenvalue weighted by molar-refractivity contribution is 0.504. The highest BCUT2D eigenvalue weighted by Crippen LogP contribution is 2.39. The monoisotopic (exact) mass is 288 g/mol. The van der Waals surface area contributed by atoms with Gasteiger partial charge >= 0.3 is 0 Å². The lowest BCUT2D eigenvalue weighted by Gasteiger charge is -2.31. The molecule has 0 unspecified atom stereocenters. The summed E-state index contributed by atoms with van der Waals surface area (Å²) in [5.41, 5.74) is 8.81.